The number of carbonyl (C=O) groups excluding carboxylic acids is 2. The molecule has 0 bridgehead atoms. The lowest BCUT2D eigenvalue weighted by Crippen LogP contribution is -2.48. The largest absolute Gasteiger partial charge is 0.443 e. The van der Waals surface area contributed by atoms with Gasteiger partial charge in [0.2, 0.25) is 0 Å². The highest BCUT2D eigenvalue weighted by atomic mass is 16.7. The van der Waals surface area contributed by atoms with Gasteiger partial charge in [0.05, 0.1) is 13.2 Å². The number of imide groups is 1. The van der Waals surface area contributed by atoms with E-state index in [9.17, 15) is 9.59 Å². The second kappa shape index (κ2) is 9.05. The van der Waals surface area contributed by atoms with Gasteiger partial charge in [0, 0.05) is 14.2 Å². The Hall–Kier alpha value is -1.38. The number of hydrogen-bond donors (Lipinski definition) is 1. The van der Waals surface area contributed by atoms with Crippen LogP contribution in [0.1, 0.15) is 41.5 Å². The average molecular weight is 334 g/mol. The third kappa shape index (κ3) is 10.1. The Morgan fingerprint density at radius 1 is 1.00 bits per heavy atom. The first kappa shape index (κ1) is 21.6. The van der Waals surface area contributed by atoms with Crippen LogP contribution in [-0.4, -0.2) is 61.7 Å². The first-order valence-corrected chi connectivity index (χ1v) is 7.44. The monoisotopic (exact) mass is 334 g/mol. The van der Waals surface area contributed by atoms with E-state index < -0.39 is 29.5 Å². The summed E-state index contributed by atoms with van der Waals surface area (Å²) >= 11 is 0. The van der Waals surface area contributed by atoms with Crippen LogP contribution in [0.5, 0.6) is 0 Å². The van der Waals surface area contributed by atoms with Crippen molar-refractivity contribution < 1.29 is 28.6 Å². The Bertz CT molecular complexity index is 358. The van der Waals surface area contributed by atoms with Gasteiger partial charge >= 0.3 is 12.2 Å². The van der Waals surface area contributed by atoms with Gasteiger partial charge in [0.1, 0.15) is 17.3 Å². The van der Waals surface area contributed by atoms with E-state index in [0.717, 1.165) is 4.90 Å². The van der Waals surface area contributed by atoms with Crippen LogP contribution in [-0.2, 0) is 19.0 Å². The molecule has 1 atom stereocenters. The summed E-state index contributed by atoms with van der Waals surface area (Å²) < 4.78 is 15.7. The van der Waals surface area contributed by atoms with Gasteiger partial charge < -0.3 is 14.2 Å². The van der Waals surface area contributed by atoms with Crippen LogP contribution in [0, 0.1) is 0 Å². The Morgan fingerprint density at radius 3 is 1.74 bits per heavy atom. The van der Waals surface area contributed by atoms with Crippen LogP contribution in [0.25, 0.3) is 0 Å². The molecule has 0 saturated carbocycles. The van der Waals surface area contributed by atoms with E-state index in [0.29, 0.717) is 0 Å². The SMILES string of the molecule is CNOCC(CN(C(=O)OC(C)(C)C)C(=O)OC(C)(C)C)OC. The van der Waals surface area contributed by atoms with Crippen molar-refractivity contribution in [3.63, 3.8) is 0 Å². The number of nitrogens with zero attached hydrogens (tertiary/aromatic N) is 1. The van der Waals surface area contributed by atoms with E-state index in [2.05, 4.69) is 5.48 Å². The zero-order valence-electron chi connectivity index (χ0n) is 15.4. The van der Waals surface area contributed by atoms with Gasteiger partial charge in [-0.25, -0.2) is 20.0 Å². The molecule has 8 heteroatoms. The molecule has 0 rings (SSSR count). The zero-order chi connectivity index (χ0) is 18.3. The topological polar surface area (TPSA) is 86.3 Å². The molecule has 0 aliphatic heterocycles. The first-order valence-electron chi connectivity index (χ1n) is 7.44. The standard InChI is InChI=1S/C15H30N2O6/c1-14(2,3)22-12(18)17(13(19)23-15(4,5)6)9-11(20-8)10-21-16-7/h11,16H,9-10H2,1-8H3. The van der Waals surface area contributed by atoms with Crippen molar-refractivity contribution in [3.8, 4) is 0 Å². The van der Waals surface area contributed by atoms with Gasteiger partial charge in [0.15, 0.2) is 0 Å². The van der Waals surface area contributed by atoms with Crippen molar-refractivity contribution in [2.45, 2.75) is 58.8 Å². The molecule has 23 heavy (non-hydrogen) atoms. The summed E-state index contributed by atoms with van der Waals surface area (Å²) in [7, 11) is 3.07. The molecule has 1 unspecified atom stereocenters. The maximum absolute atomic E-state index is 12.3. The molecule has 0 aromatic heterocycles. The highest BCUT2D eigenvalue weighted by Crippen LogP contribution is 2.15. The number of hydroxylamine groups is 1. The molecular weight excluding hydrogens is 304 g/mol. The minimum atomic E-state index is -0.793. The fourth-order valence-corrected chi connectivity index (χ4v) is 1.43. The Labute approximate surface area is 138 Å². The highest BCUT2D eigenvalue weighted by molar-refractivity contribution is 5.88. The maximum Gasteiger partial charge on any atom is 0.419 e. The minimum absolute atomic E-state index is 0.0536. The molecule has 0 heterocycles. The van der Waals surface area contributed by atoms with Crippen molar-refractivity contribution >= 4 is 12.2 Å². The number of amides is 2. The molecule has 2 amide bonds. The second-order valence-corrected chi connectivity index (χ2v) is 6.94. The Balaban J connectivity index is 5.12. The molecule has 0 aliphatic carbocycles. The van der Waals surface area contributed by atoms with Gasteiger partial charge in [-0.05, 0) is 41.5 Å². The Morgan fingerprint density at radius 2 is 1.43 bits per heavy atom. The van der Waals surface area contributed by atoms with Crippen molar-refractivity contribution in [3.05, 3.63) is 0 Å². The van der Waals surface area contributed by atoms with E-state index in [1.165, 1.54) is 7.11 Å². The summed E-state index contributed by atoms with van der Waals surface area (Å²) in [5, 5.41) is 0. The molecule has 136 valence electrons. The van der Waals surface area contributed by atoms with Gasteiger partial charge in [-0.15, -0.1) is 0 Å². The summed E-state index contributed by atoms with van der Waals surface area (Å²) in [6.07, 6.45) is -2.11. The maximum atomic E-state index is 12.3. The third-order valence-corrected chi connectivity index (χ3v) is 2.36. The van der Waals surface area contributed by atoms with Crippen LogP contribution in [0.15, 0.2) is 0 Å². The molecule has 0 aliphatic rings. The normalized spacial score (nSPS) is 13.4. The van der Waals surface area contributed by atoms with Crippen molar-refractivity contribution in [1.82, 2.24) is 10.4 Å². The molecule has 0 aromatic rings. The molecule has 1 N–H and O–H groups in total. The summed E-state index contributed by atoms with van der Waals surface area (Å²) in [5.41, 5.74) is 1.04. The van der Waals surface area contributed by atoms with E-state index >= 15 is 0 Å². The number of rotatable bonds is 6. The number of carbonyl (C=O) groups is 2. The fraction of sp³-hybridized carbons (Fsp3) is 0.867. The van der Waals surface area contributed by atoms with Crippen LogP contribution in [0.2, 0.25) is 0 Å². The Kier molecular flexibility index (Phi) is 8.50. The lowest BCUT2D eigenvalue weighted by Gasteiger charge is -2.30. The molecule has 0 radical (unpaired) electrons. The number of ether oxygens (including phenoxy) is 3. The smallest absolute Gasteiger partial charge is 0.419 e. The van der Waals surface area contributed by atoms with E-state index in [4.69, 9.17) is 19.0 Å². The minimum Gasteiger partial charge on any atom is -0.443 e. The van der Waals surface area contributed by atoms with E-state index in [-0.39, 0.29) is 13.2 Å². The van der Waals surface area contributed by atoms with Gasteiger partial charge in [-0.3, -0.25) is 4.84 Å². The van der Waals surface area contributed by atoms with Crippen molar-refractivity contribution in [1.29, 1.82) is 0 Å². The predicted molar refractivity (Wildman–Crippen MR) is 85.0 cm³/mol. The highest BCUT2D eigenvalue weighted by Gasteiger charge is 2.33. The van der Waals surface area contributed by atoms with E-state index in [1.54, 1.807) is 48.6 Å². The van der Waals surface area contributed by atoms with Crippen LogP contribution < -0.4 is 5.48 Å². The number of nitrogens with one attached hydrogen (secondary N) is 1. The zero-order valence-corrected chi connectivity index (χ0v) is 15.4. The molecule has 0 fully saturated rings. The van der Waals surface area contributed by atoms with E-state index in [1.807, 2.05) is 0 Å². The molecule has 0 saturated heterocycles. The van der Waals surface area contributed by atoms with Crippen molar-refractivity contribution in [2.24, 2.45) is 0 Å². The summed E-state index contributed by atoms with van der Waals surface area (Å²) in [6.45, 7) is 10.4. The average Bonchev–Trinajstić information content (AvgIpc) is 2.34. The van der Waals surface area contributed by atoms with Gasteiger partial charge in [0.25, 0.3) is 0 Å². The van der Waals surface area contributed by atoms with Crippen molar-refractivity contribution in [2.75, 3.05) is 27.3 Å². The number of methoxy groups -OCH3 is 1. The molecule has 8 nitrogen and oxygen atoms in total. The molecule has 0 aromatic carbocycles. The molecule has 0 spiro atoms. The molecular formula is C15H30N2O6. The van der Waals surface area contributed by atoms with Crippen LogP contribution in [0.4, 0.5) is 9.59 Å². The lowest BCUT2D eigenvalue weighted by molar-refractivity contribution is -0.0476. The summed E-state index contributed by atoms with van der Waals surface area (Å²) in [6, 6.07) is 0. The number of hydrogen-bond acceptors (Lipinski definition) is 7. The van der Waals surface area contributed by atoms with Gasteiger partial charge in [-0.1, -0.05) is 0 Å². The fourth-order valence-electron chi connectivity index (χ4n) is 1.43. The summed E-state index contributed by atoms with van der Waals surface area (Å²) in [5.74, 6) is 0. The summed E-state index contributed by atoms with van der Waals surface area (Å²) in [4.78, 5) is 30.5. The first-order chi connectivity index (χ1) is 10.4. The van der Waals surface area contributed by atoms with Gasteiger partial charge in [-0.2, -0.15) is 0 Å². The van der Waals surface area contributed by atoms with Crippen LogP contribution in [0.3, 0.4) is 0 Å². The second-order valence-electron chi connectivity index (χ2n) is 6.94. The van der Waals surface area contributed by atoms with Crippen LogP contribution >= 0.6 is 0 Å². The lowest BCUT2D eigenvalue weighted by atomic mass is 10.2. The third-order valence-electron chi connectivity index (χ3n) is 2.36. The quantitative estimate of drug-likeness (QED) is 0.746. The predicted octanol–water partition coefficient (Wildman–Crippen LogP) is 2.32.